The predicted octanol–water partition coefficient (Wildman–Crippen LogP) is 6.38. The fourth-order valence-electron chi connectivity index (χ4n) is 5.70. The number of benzene rings is 4. The van der Waals surface area contributed by atoms with E-state index >= 15 is 0 Å². The molecule has 4 aromatic rings. The fourth-order valence-corrected chi connectivity index (χ4v) is 5.70. The Morgan fingerprint density at radius 3 is 2.31 bits per heavy atom. The van der Waals surface area contributed by atoms with Gasteiger partial charge in [0.25, 0.3) is 5.91 Å². The summed E-state index contributed by atoms with van der Waals surface area (Å²) in [6, 6.07) is 31.1. The van der Waals surface area contributed by atoms with Crippen LogP contribution in [-0.4, -0.2) is 41.9 Å². The Labute approximate surface area is 245 Å². The summed E-state index contributed by atoms with van der Waals surface area (Å²) in [5, 5.41) is 8.98. The number of carbonyl (C=O) groups excluding carboxylic acids is 2. The maximum absolute atomic E-state index is 14.2. The highest BCUT2D eigenvalue weighted by atomic mass is 16.7. The second-order valence-electron chi connectivity index (χ2n) is 11.0. The van der Waals surface area contributed by atoms with Crippen molar-refractivity contribution < 1.29 is 24.3 Å². The number of nitrogens with zero attached hydrogens (tertiary/aromatic N) is 2. The Morgan fingerprint density at radius 1 is 0.857 bits per heavy atom. The average molecular weight is 564 g/mol. The number of anilines is 1. The Hall–Kier alpha value is -4.82. The van der Waals surface area contributed by atoms with E-state index in [1.54, 1.807) is 34.6 Å². The second kappa shape index (κ2) is 11.6. The standard InChI is InChI=1S/C34H33N3O5/c1-34(28-7-3-2-4-8-28)16-18-36(19-17-34)33(39)37(22-24-10-12-25(13-11-24)32(38)35-40)29-9-5-6-26(20-29)27-14-15-30-31(21-27)42-23-41-30/h2-15,20-21,40H,16-19,22-23H2,1H3,(H,35,38). The lowest BCUT2D eigenvalue weighted by Crippen LogP contribution is -2.49. The number of hydrogen-bond donors (Lipinski definition) is 2. The number of hydroxylamine groups is 1. The van der Waals surface area contributed by atoms with Crippen LogP contribution in [0.3, 0.4) is 0 Å². The van der Waals surface area contributed by atoms with Gasteiger partial charge in [0.05, 0.1) is 6.54 Å². The van der Waals surface area contributed by atoms with E-state index in [1.807, 2.05) is 53.4 Å². The molecule has 214 valence electrons. The number of likely N-dealkylation sites (tertiary alicyclic amines) is 1. The average Bonchev–Trinajstić information content (AvgIpc) is 3.52. The number of amides is 3. The molecule has 2 aliphatic heterocycles. The minimum absolute atomic E-state index is 0.0191. The van der Waals surface area contributed by atoms with Crippen LogP contribution in [0, 0.1) is 0 Å². The largest absolute Gasteiger partial charge is 0.454 e. The molecule has 0 atom stereocenters. The number of nitrogens with one attached hydrogen (secondary N) is 1. The van der Waals surface area contributed by atoms with Crippen LogP contribution in [0.25, 0.3) is 11.1 Å². The normalized spacial score (nSPS) is 15.2. The van der Waals surface area contributed by atoms with Gasteiger partial charge in [0.1, 0.15) is 0 Å². The third-order valence-corrected chi connectivity index (χ3v) is 8.36. The summed E-state index contributed by atoms with van der Waals surface area (Å²) < 4.78 is 11.1. The van der Waals surface area contributed by atoms with E-state index in [0.717, 1.165) is 41.0 Å². The summed E-state index contributed by atoms with van der Waals surface area (Å²) in [5.41, 5.74) is 6.85. The molecule has 4 aromatic carbocycles. The van der Waals surface area contributed by atoms with Crippen LogP contribution < -0.4 is 19.9 Å². The van der Waals surface area contributed by atoms with Gasteiger partial charge in [0.15, 0.2) is 11.5 Å². The molecule has 0 unspecified atom stereocenters. The second-order valence-corrected chi connectivity index (χ2v) is 11.0. The number of hydrogen-bond acceptors (Lipinski definition) is 5. The van der Waals surface area contributed by atoms with Gasteiger partial charge in [-0.15, -0.1) is 0 Å². The van der Waals surface area contributed by atoms with Gasteiger partial charge in [-0.1, -0.05) is 67.6 Å². The molecular weight excluding hydrogens is 530 g/mol. The number of rotatable bonds is 6. The maximum atomic E-state index is 14.2. The minimum Gasteiger partial charge on any atom is -0.454 e. The monoisotopic (exact) mass is 563 g/mol. The van der Waals surface area contributed by atoms with E-state index < -0.39 is 5.91 Å². The Bertz CT molecular complexity index is 1580. The summed E-state index contributed by atoms with van der Waals surface area (Å²) in [4.78, 5) is 29.8. The van der Waals surface area contributed by atoms with Crippen molar-refractivity contribution in [3.05, 3.63) is 114 Å². The molecule has 2 heterocycles. The fraction of sp³-hybridized carbons (Fsp3) is 0.235. The molecule has 1 saturated heterocycles. The zero-order valence-electron chi connectivity index (χ0n) is 23.5. The maximum Gasteiger partial charge on any atom is 0.324 e. The molecule has 2 N–H and O–H groups in total. The lowest BCUT2D eigenvalue weighted by molar-refractivity contribution is 0.0706. The summed E-state index contributed by atoms with van der Waals surface area (Å²) in [5.74, 6) is 0.839. The van der Waals surface area contributed by atoms with Crippen molar-refractivity contribution >= 4 is 17.6 Å². The predicted molar refractivity (Wildman–Crippen MR) is 160 cm³/mol. The van der Waals surface area contributed by atoms with Crippen molar-refractivity contribution in [2.24, 2.45) is 0 Å². The first-order valence-corrected chi connectivity index (χ1v) is 14.1. The van der Waals surface area contributed by atoms with Crippen molar-refractivity contribution in [3.63, 3.8) is 0 Å². The van der Waals surface area contributed by atoms with E-state index in [4.69, 9.17) is 14.7 Å². The van der Waals surface area contributed by atoms with Gasteiger partial charge in [-0.3, -0.25) is 14.9 Å². The van der Waals surface area contributed by atoms with Crippen LogP contribution in [0.5, 0.6) is 11.5 Å². The number of carbonyl (C=O) groups is 2. The SMILES string of the molecule is CC1(c2ccccc2)CCN(C(=O)N(Cc2ccc(C(=O)NO)cc2)c2cccc(-c3ccc4c(c3)OCO4)c2)CC1. The molecule has 3 amide bonds. The van der Waals surface area contributed by atoms with E-state index in [9.17, 15) is 9.59 Å². The Kier molecular flexibility index (Phi) is 7.54. The highest BCUT2D eigenvalue weighted by Crippen LogP contribution is 2.38. The highest BCUT2D eigenvalue weighted by molar-refractivity contribution is 5.94. The van der Waals surface area contributed by atoms with Crippen LogP contribution in [0.1, 0.15) is 41.3 Å². The van der Waals surface area contributed by atoms with Crippen molar-refractivity contribution in [3.8, 4) is 22.6 Å². The molecule has 0 saturated carbocycles. The zero-order chi connectivity index (χ0) is 29.1. The van der Waals surface area contributed by atoms with Gasteiger partial charge in [0, 0.05) is 24.3 Å². The lowest BCUT2D eigenvalue weighted by atomic mass is 9.74. The van der Waals surface area contributed by atoms with E-state index in [2.05, 4.69) is 31.2 Å². The van der Waals surface area contributed by atoms with Crippen molar-refractivity contribution in [2.45, 2.75) is 31.7 Å². The van der Waals surface area contributed by atoms with Crippen molar-refractivity contribution in [2.75, 3.05) is 24.8 Å². The van der Waals surface area contributed by atoms with Gasteiger partial charge in [-0.05, 0) is 76.9 Å². The quantitative estimate of drug-likeness (QED) is 0.210. The van der Waals surface area contributed by atoms with Crippen molar-refractivity contribution in [1.82, 2.24) is 10.4 Å². The lowest BCUT2D eigenvalue weighted by Gasteiger charge is -2.41. The van der Waals surface area contributed by atoms with E-state index in [1.165, 1.54) is 5.56 Å². The molecule has 6 rings (SSSR count). The zero-order valence-corrected chi connectivity index (χ0v) is 23.5. The summed E-state index contributed by atoms with van der Waals surface area (Å²) in [7, 11) is 0. The Balaban J connectivity index is 1.28. The molecular formula is C34H33N3O5. The van der Waals surface area contributed by atoms with Crippen LogP contribution in [-0.2, 0) is 12.0 Å². The first-order chi connectivity index (χ1) is 20.4. The Morgan fingerprint density at radius 2 is 1.57 bits per heavy atom. The van der Waals surface area contributed by atoms with Crippen LogP contribution >= 0.6 is 0 Å². The van der Waals surface area contributed by atoms with Crippen molar-refractivity contribution in [1.29, 1.82) is 0 Å². The summed E-state index contributed by atoms with van der Waals surface area (Å²) in [6.45, 7) is 4.10. The van der Waals surface area contributed by atoms with Gasteiger partial charge in [-0.2, -0.15) is 0 Å². The number of piperidine rings is 1. The number of ether oxygens (including phenoxy) is 2. The molecule has 8 nitrogen and oxygen atoms in total. The highest BCUT2D eigenvalue weighted by Gasteiger charge is 2.35. The molecule has 0 radical (unpaired) electrons. The molecule has 42 heavy (non-hydrogen) atoms. The molecule has 2 aliphatic rings. The van der Waals surface area contributed by atoms with E-state index in [-0.39, 0.29) is 18.2 Å². The van der Waals surface area contributed by atoms with Crippen LogP contribution in [0.2, 0.25) is 0 Å². The number of fused-ring (bicyclic) bond motifs is 1. The van der Waals surface area contributed by atoms with E-state index in [0.29, 0.717) is 30.9 Å². The molecule has 0 bridgehead atoms. The minimum atomic E-state index is -0.583. The molecule has 8 heteroatoms. The first kappa shape index (κ1) is 27.4. The molecule has 1 fully saturated rings. The van der Waals surface area contributed by atoms with Gasteiger partial charge in [0.2, 0.25) is 6.79 Å². The molecule has 0 aliphatic carbocycles. The smallest absolute Gasteiger partial charge is 0.324 e. The first-order valence-electron chi connectivity index (χ1n) is 14.1. The van der Waals surface area contributed by atoms with Crippen LogP contribution in [0.4, 0.5) is 10.5 Å². The van der Waals surface area contributed by atoms with Crippen LogP contribution in [0.15, 0.2) is 97.1 Å². The molecule has 0 spiro atoms. The van der Waals surface area contributed by atoms with Gasteiger partial charge < -0.3 is 14.4 Å². The third-order valence-electron chi connectivity index (χ3n) is 8.36. The number of urea groups is 1. The third kappa shape index (κ3) is 5.53. The van der Waals surface area contributed by atoms with Gasteiger partial charge in [-0.25, -0.2) is 10.3 Å². The topological polar surface area (TPSA) is 91.3 Å². The summed E-state index contributed by atoms with van der Waals surface area (Å²) >= 11 is 0. The van der Waals surface area contributed by atoms with Gasteiger partial charge >= 0.3 is 6.03 Å². The molecule has 0 aromatic heterocycles. The summed E-state index contributed by atoms with van der Waals surface area (Å²) in [6.07, 6.45) is 1.75.